The van der Waals surface area contributed by atoms with Crippen molar-refractivity contribution in [1.29, 1.82) is 0 Å². The zero-order valence-corrected chi connectivity index (χ0v) is 18.0. The molecule has 0 saturated heterocycles. The first-order valence-corrected chi connectivity index (χ1v) is 11.3. The lowest BCUT2D eigenvalue weighted by atomic mass is 9.98. The molecule has 4 rings (SSSR count). The number of aliphatic hydroxyl groups is 1. The second-order valence-electron chi connectivity index (χ2n) is 7.08. The molecule has 1 N–H and O–H groups in total. The molecule has 9 nitrogen and oxygen atoms in total. The summed E-state index contributed by atoms with van der Waals surface area (Å²) < 4.78 is 41.7. The summed E-state index contributed by atoms with van der Waals surface area (Å²) in [5, 5.41) is 17.7. The van der Waals surface area contributed by atoms with Crippen molar-refractivity contribution in [2.75, 3.05) is 6.61 Å². The fourth-order valence-corrected chi connectivity index (χ4v) is 4.87. The Balaban J connectivity index is 1.55. The monoisotopic (exact) mass is 467 g/mol. The highest BCUT2D eigenvalue weighted by molar-refractivity contribution is 7.89. The van der Waals surface area contributed by atoms with Crippen LogP contribution in [0.4, 0.5) is 4.39 Å². The Morgan fingerprint density at radius 3 is 2.74 bits per heavy atom. The summed E-state index contributed by atoms with van der Waals surface area (Å²) in [7, 11) is -3.90. The predicted molar refractivity (Wildman–Crippen MR) is 108 cm³/mol. The first-order chi connectivity index (χ1) is 14.8. The van der Waals surface area contributed by atoms with E-state index >= 15 is 0 Å². The van der Waals surface area contributed by atoms with E-state index in [1.807, 2.05) is 6.92 Å². The smallest absolute Gasteiger partial charge is 0.286 e. The summed E-state index contributed by atoms with van der Waals surface area (Å²) in [6.07, 6.45) is 4.05. The maximum atomic E-state index is 13.8. The van der Waals surface area contributed by atoms with Crippen molar-refractivity contribution >= 4 is 27.5 Å². The number of rotatable bonds is 6. The molecule has 31 heavy (non-hydrogen) atoms. The number of aliphatic hydroxyl groups excluding tert-OH is 1. The molecule has 1 aliphatic rings. The normalized spacial score (nSPS) is 14.6. The summed E-state index contributed by atoms with van der Waals surface area (Å²) in [6, 6.07) is 4.08. The van der Waals surface area contributed by atoms with Crippen molar-refractivity contribution < 1.29 is 22.7 Å². The van der Waals surface area contributed by atoms with Gasteiger partial charge in [0.25, 0.3) is 10.0 Å². The number of hydrogen-bond donors (Lipinski definition) is 1. The molecule has 3 aromatic rings. The van der Waals surface area contributed by atoms with Crippen molar-refractivity contribution in [1.82, 2.24) is 23.9 Å². The Morgan fingerprint density at radius 1 is 1.32 bits per heavy atom. The van der Waals surface area contributed by atoms with Crippen molar-refractivity contribution in [2.24, 2.45) is 0 Å². The lowest BCUT2D eigenvalue weighted by Crippen LogP contribution is -2.33. The van der Waals surface area contributed by atoms with E-state index < -0.39 is 34.3 Å². The van der Waals surface area contributed by atoms with Gasteiger partial charge in [-0.1, -0.05) is 23.7 Å². The van der Waals surface area contributed by atoms with Crippen LogP contribution in [0.15, 0.2) is 41.7 Å². The van der Waals surface area contributed by atoms with Gasteiger partial charge >= 0.3 is 0 Å². The summed E-state index contributed by atoms with van der Waals surface area (Å²) in [5.41, 5.74) is 1.20. The van der Waals surface area contributed by atoms with Crippen LogP contribution < -0.4 is 0 Å². The number of carbonyl (C=O) groups excluding carboxylic acids is 1. The van der Waals surface area contributed by atoms with E-state index in [9.17, 15) is 22.7 Å². The Bertz CT molecular complexity index is 1230. The zero-order chi connectivity index (χ0) is 22.3. The second-order valence-corrected chi connectivity index (χ2v) is 9.26. The molecule has 2 aromatic heterocycles. The van der Waals surface area contributed by atoms with Gasteiger partial charge in [-0.25, -0.2) is 4.39 Å². The lowest BCUT2D eigenvalue weighted by molar-refractivity contribution is -0.134. The Morgan fingerprint density at radius 2 is 2.10 bits per heavy atom. The quantitative estimate of drug-likeness (QED) is 0.591. The van der Waals surface area contributed by atoms with E-state index in [1.165, 1.54) is 46.4 Å². The predicted octanol–water partition coefficient (Wildman–Crippen LogP) is 1.75. The molecular formula is C19H19ClFN5O4S. The molecule has 12 heteroatoms. The average molecular weight is 468 g/mol. The highest BCUT2D eigenvalue weighted by Crippen LogP contribution is 2.31. The van der Waals surface area contributed by atoms with Gasteiger partial charge in [-0.15, -0.1) is 0 Å². The molecule has 1 aliphatic heterocycles. The molecule has 164 valence electrons. The van der Waals surface area contributed by atoms with Crippen LogP contribution in [0, 0.1) is 5.82 Å². The second kappa shape index (κ2) is 8.06. The topological polar surface area (TPSA) is 110 Å². The van der Waals surface area contributed by atoms with Gasteiger partial charge in [0.1, 0.15) is 10.7 Å². The summed E-state index contributed by atoms with van der Waals surface area (Å²) in [6.45, 7) is 2.00. The highest BCUT2D eigenvalue weighted by atomic mass is 35.5. The van der Waals surface area contributed by atoms with Gasteiger partial charge in [-0.3, -0.25) is 9.48 Å². The van der Waals surface area contributed by atoms with Crippen LogP contribution >= 0.6 is 11.6 Å². The minimum absolute atomic E-state index is 0.0181. The van der Waals surface area contributed by atoms with Gasteiger partial charge in [0.2, 0.25) is 5.91 Å². The Hall–Kier alpha value is -2.76. The molecule has 1 atom stereocenters. The summed E-state index contributed by atoms with van der Waals surface area (Å²) in [5.74, 6) is -2.17. The van der Waals surface area contributed by atoms with Crippen LogP contribution in [-0.4, -0.2) is 49.9 Å². The fraction of sp³-hybridized carbons (Fsp3) is 0.316. The first-order valence-electron chi connectivity index (χ1n) is 9.45. The lowest BCUT2D eigenvalue weighted by Gasteiger charge is -2.23. The van der Waals surface area contributed by atoms with Gasteiger partial charge in [-0.2, -0.15) is 22.7 Å². The number of halogens is 2. The van der Waals surface area contributed by atoms with E-state index in [-0.39, 0.29) is 28.6 Å². The summed E-state index contributed by atoms with van der Waals surface area (Å²) >= 11 is 5.98. The average Bonchev–Trinajstić information content (AvgIpc) is 3.46. The third-order valence-electron chi connectivity index (χ3n) is 5.18. The molecule has 3 heterocycles. The molecule has 1 amide bonds. The van der Waals surface area contributed by atoms with Crippen LogP contribution in [0.1, 0.15) is 29.7 Å². The highest BCUT2D eigenvalue weighted by Gasteiger charge is 2.34. The van der Waals surface area contributed by atoms with Crippen LogP contribution in [0.25, 0.3) is 0 Å². The zero-order valence-electron chi connectivity index (χ0n) is 16.4. The van der Waals surface area contributed by atoms with Crippen LogP contribution in [-0.2, 0) is 34.5 Å². The molecule has 0 radical (unpaired) electrons. The minimum Gasteiger partial charge on any atom is -0.395 e. The van der Waals surface area contributed by atoms with Crippen LogP contribution in [0.2, 0.25) is 5.02 Å². The van der Waals surface area contributed by atoms with Gasteiger partial charge in [-0.05, 0) is 18.6 Å². The van der Waals surface area contributed by atoms with E-state index in [2.05, 4.69) is 10.2 Å². The Labute approximate surface area is 182 Å². The standard InChI is InChI=1S/C19H19ClFN5O4S/c1-2-25-9-13(6-22-25)31(29,30)26-8-12-7-24(10-17(12)23-26)19(28)15(11-27)14-4-3-5-16(21)18(14)20/h3-6,8-9,15,27H,2,7,10-11H2,1H3/t15-/m0/s1. The number of fused-ring (bicyclic) bond motifs is 1. The van der Waals surface area contributed by atoms with Gasteiger partial charge in [0, 0.05) is 31.0 Å². The molecule has 0 spiro atoms. The molecular weight excluding hydrogens is 449 g/mol. The van der Waals surface area contributed by atoms with E-state index in [0.29, 0.717) is 17.8 Å². The minimum atomic E-state index is -3.90. The Kier molecular flexibility index (Phi) is 5.58. The molecule has 0 fully saturated rings. The fourth-order valence-electron chi connectivity index (χ4n) is 3.48. The number of nitrogens with zero attached hydrogens (tertiary/aromatic N) is 5. The van der Waals surface area contributed by atoms with E-state index in [4.69, 9.17) is 11.6 Å². The van der Waals surface area contributed by atoms with Crippen LogP contribution in [0.5, 0.6) is 0 Å². The van der Waals surface area contributed by atoms with Crippen molar-refractivity contribution in [2.45, 2.75) is 37.4 Å². The third-order valence-corrected chi connectivity index (χ3v) is 7.07. The van der Waals surface area contributed by atoms with E-state index in [1.54, 1.807) is 0 Å². The molecule has 0 aliphatic carbocycles. The van der Waals surface area contributed by atoms with Gasteiger partial charge < -0.3 is 10.0 Å². The van der Waals surface area contributed by atoms with Crippen LogP contribution in [0.3, 0.4) is 0 Å². The maximum absolute atomic E-state index is 13.8. The number of hydrogen-bond acceptors (Lipinski definition) is 6. The van der Waals surface area contributed by atoms with Crippen molar-refractivity contribution in [3.63, 3.8) is 0 Å². The third kappa shape index (κ3) is 3.73. The van der Waals surface area contributed by atoms with Gasteiger partial charge in [0.15, 0.2) is 0 Å². The number of carbonyl (C=O) groups is 1. The SMILES string of the molecule is CCn1cc(S(=O)(=O)n2cc3c(n2)CN(C(=O)[C@@H](CO)c2cccc(F)c2Cl)C3)cn1. The largest absolute Gasteiger partial charge is 0.395 e. The summed E-state index contributed by atoms with van der Waals surface area (Å²) in [4.78, 5) is 14.4. The molecule has 0 saturated carbocycles. The number of amides is 1. The molecule has 0 bridgehead atoms. The number of aromatic nitrogens is 4. The number of aryl methyl sites for hydroxylation is 1. The van der Waals surface area contributed by atoms with Crippen molar-refractivity contribution in [3.8, 4) is 0 Å². The van der Waals surface area contributed by atoms with Gasteiger partial charge in [0.05, 0.1) is 36.0 Å². The molecule has 1 aromatic carbocycles. The molecule has 0 unspecified atom stereocenters. The first kappa shape index (κ1) is 21.5. The number of benzene rings is 1. The van der Waals surface area contributed by atoms with Crippen molar-refractivity contribution in [3.05, 3.63) is 64.5 Å². The van der Waals surface area contributed by atoms with E-state index in [0.717, 1.165) is 4.09 Å². The maximum Gasteiger partial charge on any atom is 0.286 e.